The highest BCUT2D eigenvalue weighted by Crippen LogP contribution is 2.49. The highest BCUT2D eigenvalue weighted by atomic mass is 16.2. The minimum atomic E-state index is -0.195. The van der Waals surface area contributed by atoms with Gasteiger partial charge in [-0.3, -0.25) is 4.79 Å². The summed E-state index contributed by atoms with van der Waals surface area (Å²) >= 11 is 0. The zero-order valence-corrected chi connectivity index (χ0v) is 14.7. The molecule has 0 radical (unpaired) electrons. The number of hydrogen-bond acceptors (Lipinski definition) is 2. The monoisotopic (exact) mass is 329 g/mol. The predicted octanol–water partition coefficient (Wildman–Crippen LogP) is 3.33. The van der Waals surface area contributed by atoms with Crippen molar-refractivity contribution in [2.75, 3.05) is 19.4 Å². The van der Waals surface area contributed by atoms with Gasteiger partial charge < -0.3 is 15.5 Å². The molecule has 1 aromatic carbocycles. The lowest BCUT2D eigenvalue weighted by molar-refractivity contribution is 0.0827. The molecular formula is C19H27N3O2. The number of hydrogen-bond donors (Lipinski definition) is 2. The summed E-state index contributed by atoms with van der Waals surface area (Å²) < 4.78 is 0. The maximum Gasteiger partial charge on any atom is 0.319 e. The number of fused-ring (bicyclic) bond motifs is 2. The molecule has 2 aliphatic rings. The highest BCUT2D eigenvalue weighted by molar-refractivity contribution is 5.96. The van der Waals surface area contributed by atoms with Crippen LogP contribution in [0.15, 0.2) is 24.3 Å². The van der Waals surface area contributed by atoms with Crippen molar-refractivity contribution >= 4 is 17.6 Å². The Morgan fingerprint density at radius 2 is 2.00 bits per heavy atom. The van der Waals surface area contributed by atoms with Gasteiger partial charge in [-0.15, -0.1) is 0 Å². The maximum absolute atomic E-state index is 12.3. The number of amides is 3. The van der Waals surface area contributed by atoms with Crippen LogP contribution in [0, 0.1) is 17.8 Å². The van der Waals surface area contributed by atoms with Crippen molar-refractivity contribution < 1.29 is 9.59 Å². The zero-order chi connectivity index (χ0) is 17.3. The predicted molar refractivity (Wildman–Crippen MR) is 95.0 cm³/mol. The minimum Gasteiger partial charge on any atom is -0.345 e. The van der Waals surface area contributed by atoms with Crippen molar-refractivity contribution in [2.45, 2.75) is 38.6 Å². The molecule has 0 aromatic heterocycles. The minimum absolute atomic E-state index is 0.0746. The summed E-state index contributed by atoms with van der Waals surface area (Å²) in [4.78, 5) is 25.8. The van der Waals surface area contributed by atoms with Crippen LogP contribution < -0.4 is 10.6 Å². The average molecular weight is 329 g/mol. The largest absolute Gasteiger partial charge is 0.345 e. The molecule has 24 heavy (non-hydrogen) atoms. The van der Waals surface area contributed by atoms with E-state index in [0.29, 0.717) is 17.2 Å². The molecule has 4 atom stereocenters. The Hall–Kier alpha value is -2.04. The molecule has 0 spiro atoms. The molecule has 3 rings (SSSR count). The van der Waals surface area contributed by atoms with Gasteiger partial charge in [-0.05, 0) is 62.1 Å². The Labute approximate surface area is 143 Å². The lowest BCUT2D eigenvalue weighted by atomic mass is 9.84. The molecule has 2 N–H and O–H groups in total. The number of urea groups is 1. The van der Waals surface area contributed by atoms with E-state index in [-0.39, 0.29) is 18.0 Å². The normalized spacial score (nSPS) is 26.0. The van der Waals surface area contributed by atoms with Gasteiger partial charge in [0.25, 0.3) is 5.91 Å². The molecule has 5 heteroatoms. The fourth-order valence-electron chi connectivity index (χ4n) is 4.38. The highest BCUT2D eigenvalue weighted by Gasteiger charge is 2.42. The van der Waals surface area contributed by atoms with E-state index >= 15 is 0 Å². The van der Waals surface area contributed by atoms with Crippen LogP contribution in [0.4, 0.5) is 10.5 Å². The summed E-state index contributed by atoms with van der Waals surface area (Å²) in [5, 5.41) is 5.93. The van der Waals surface area contributed by atoms with E-state index in [9.17, 15) is 9.59 Å². The van der Waals surface area contributed by atoms with E-state index in [1.807, 2.05) is 0 Å². The number of carbonyl (C=O) groups is 2. The van der Waals surface area contributed by atoms with Crippen molar-refractivity contribution in [3.05, 3.63) is 29.8 Å². The number of nitrogens with one attached hydrogen (secondary N) is 2. The van der Waals surface area contributed by atoms with Crippen LogP contribution in [0.2, 0.25) is 0 Å². The first-order valence-corrected chi connectivity index (χ1v) is 8.83. The van der Waals surface area contributed by atoms with Crippen molar-refractivity contribution in [2.24, 2.45) is 17.8 Å². The van der Waals surface area contributed by atoms with Crippen molar-refractivity contribution in [1.82, 2.24) is 10.2 Å². The van der Waals surface area contributed by atoms with Gasteiger partial charge in [0, 0.05) is 31.4 Å². The Kier molecular flexibility index (Phi) is 4.78. The Morgan fingerprint density at radius 1 is 1.21 bits per heavy atom. The second-order valence-corrected chi connectivity index (χ2v) is 7.51. The summed E-state index contributed by atoms with van der Waals surface area (Å²) in [6, 6.07) is 7.04. The smallest absolute Gasteiger partial charge is 0.319 e. The summed E-state index contributed by atoms with van der Waals surface area (Å²) in [5.41, 5.74) is 1.21. The van der Waals surface area contributed by atoms with Crippen LogP contribution in [-0.4, -0.2) is 37.0 Å². The first-order chi connectivity index (χ1) is 11.4. The molecule has 0 heterocycles. The van der Waals surface area contributed by atoms with Gasteiger partial charge in [-0.25, -0.2) is 4.79 Å². The molecule has 4 unspecified atom stereocenters. The second kappa shape index (κ2) is 6.83. The molecule has 0 aliphatic heterocycles. The molecule has 0 saturated heterocycles. The van der Waals surface area contributed by atoms with E-state index in [2.05, 4.69) is 17.6 Å². The fourth-order valence-corrected chi connectivity index (χ4v) is 4.38. The number of benzene rings is 1. The second-order valence-electron chi connectivity index (χ2n) is 7.51. The zero-order valence-electron chi connectivity index (χ0n) is 14.7. The van der Waals surface area contributed by atoms with Gasteiger partial charge in [-0.1, -0.05) is 12.5 Å². The van der Waals surface area contributed by atoms with Crippen molar-refractivity contribution in [1.29, 1.82) is 0 Å². The molecule has 2 aliphatic carbocycles. The summed E-state index contributed by atoms with van der Waals surface area (Å²) in [5.74, 6) is 2.19. The first kappa shape index (κ1) is 16.8. The van der Waals surface area contributed by atoms with E-state index < -0.39 is 0 Å². The van der Waals surface area contributed by atoms with Gasteiger partial charge in [0.1, 0.15) is 0 Å². The van der Waals surface area contributed by atoms with E-state index in [1.54, 1.807) is 38.4 Å². The third kappa shape index (κ3) is 3.55. The molecule has 1 aromatic rings. The van der Waals surface area contributed by atoms with E-state index in [0.717, 1.165) is 11.8 Å². The van der Waals surface area contributed by atoms with Gasteiger partial charge in [0.2, 0.25) is 0 Å². The maximum atomic E-state index is 12.3. The quantitative estimate of drug-likeness (QED) is 0.890. The molecule has 5 nitrogen and oxygen atoms in total. The lowest BCUT2D eigenvalue weighted by Crippen LogP contribution is -2.42. The van der Waals surface area contributed by atoms with Gasteiger partial charge in [0.15, 0.2) is 0 Å². The van der Waals surface area contributed by atoms with Crippen LogP contribution in [0.25, 0.3) is 0 Å². The number of anilines is 1. The van der Waals surface area contributed by atoms with E-state index in [4.69, 9.17) is 0 Å². The van der Waals surface area contributed by atoms with Crippen LogP contribution in [0.1, 0.15) is 43.0 Å². The SMILES string of the molecule is CC(NC(=O)Nc1cccc(C(=O)N(C)C)c1)C1CC2CCC1C2. The summed E-state index contributed by atoms with van der Waals surface area (Å²) in [7, 11) is 3.43. The Balaban J connectivity index is 1.57. The Morgan fingerprint density at radius 3 is 2.62 bits per heavy atom. The van der Waals surface area contributed by atoms with Crippen molar-refractivity contribution in [3.63, 3.8) is 0 Å². The van der Waals surface area contributed by atoms with Crippen LogP contribution in [0.5, 0.6) is 0 Å². The fraction of sp³-hybridized carbons (Fsp3) is 0.579. The van der Waals surface area contributed by atoms with Gasteiger partial charge >= 0.3 is 6.03 Å². The number of rotatable bonds is 4. The van der Waals surface area contributed by atoms with E-state index in [1.165, 1.54) is 30.6 Å². The summed E-state index contributed by atoms with van der Waals surface area (Å²) in [6.07, 6.45) is 5.27. The summed E-state index contributed by atoms with van der Waals surface area (Å²) in [6.45, 7) is 2.11. The molecule has 2 fully saturated rings. The molecular weight excluding hydrogens is 302 g/mol. The molecule has 2 bridgehead atoms. The standard InChI is InChI=1S/C19H27N3O2/c1-12(17-10-13-7-8-14(17)9-13)20-19(24)21-16-6-4-5-15(11-16)18(23)22(2)3/h4-6,11-14,17H,7-10H2,1-3H3,(H2,20,21,24). The number of nitrogens with zero attached hydrogens (tertiary/aromatic N) is 1. The average Bonchev–Trinajstić information content (AvgIpc) is 3.17. The molecule has 130 valence electrons. The Bertz CT molecular complexity index is 629. The van der Waals surface area contributed by atoms with Gasteiger partial charge in [0.05, 0.1) is 0 Å². The lowest BCUT2D eigenvalue weighted by Gasteiger charge is -2.28. The van der Waals surface area contributed by atoms with Crippen LogP contribution in [-0.2, 0) is 0 Å². The van der Waals surface area contributed by atoms with Gasteiger partial charge in [-0.2, -0.15) is 0 Å². The molecule has 3 amide bonds. The third-order valence-corrected chi connectivity index (χ3v) is 5.57. The topological polar surface area (TPSA) is 61.4 Å². The first-order valence-electron chi connectivity index (χ1n) is 8.83. The van der Waals surface area contributed by atoms with Crippen LogP contribution in [0.3, 0.4) is 0 Å². The third-order valence-electron chi connectivity index (χ3n) is 5.57. The van der Waals surface area contributed by atoms with Crippen LogP contribution >= 0.6 is 0 Å². The number of carbonyl (C=O) groups excluding carboxylic acids is 2. The van der Waals surface area contributed by atoms with Crippen molar-refractivity contribution in [3.8, 4) is 0 Å². The molecule has 2 saturated carbocycles.